The van der Waals surface area contributed by atoms with Gasteiger partial charge in [0.2, 0.25) is 0 Å². The molecule has 3 rings (SSSR count). The molecule has 1 saturated carbocycles. The minimum Gasteiger partial charge on any atom is -0.335 e. The van der Waals surface area contributed by atoms with E-state index < -0.39 is 17.3 Å². The predicted molar refractivity (Wildman–Crippen MR) is 86.3 cm³/mol. The summed E-state index contributed by atoms with van der Waals surface area (Å²) in [7, 11) is 0. The molecule has 2 N–H and O–H groups in total. The van der Waals surface area contributed by atoms with Gasteiger partial charge < -0.3 is 10.3 Å². The molecule has 0 atom stereocenters. The van der Waals surface area contributed by atoms with Crippen LogP contribution in [0.3, 0.4) is 0 Å². The van der Waals surface area contributed by atoms with Gasteiger partial charge in [-0.3, -0.25) is 0 Å². The molecule has 24 heavy (non-hydrogen) atoms. The van der Waals surface area contributed by atoms with E-state index in [0.717, 1.165) is 31.4 Å². The molecule has 2 aromatic rings. The van der Waals surface area contributed by atoms with Gasteiger partial charge in [-0.05, 0) is 49.5 Å². The van der Waals surface area contributed by atoms with Gasteiger partial charge in [0.1, 0.15) is 0 Å². The number of halogens is 4. The fraction of sp³-hybridized carbons (Fsp3) is 0.375. The van der Waals surface area contributed by atoms with Crippen molar-refractivity contribution < 1.29 is 17.7 Å². The lowest BCUT2D eigenvalue weighted by molar-refractivity contribution is -0.137. The zero-order valence-corrected chi connectivity index (χ0v) is 13.7. The van der Waals surface area contributed by atoms with Crippen molar-refractivity contribution in [3.8, 4) is 0 Å². The Hall–Kier alpha value is -1.86. The summed E-state index contributed by atoms with van der Waals surface area (Å²) in [6.07, 6.45) is -0.164. The van der Waals surface area contributed by atoms with E-state index in [-0.39, 0.29) is 18.3 Å². The third-order valence-electron chi connectivity index (χ3n) is 4.12. The second kappa shape index (κ2) is 6.57. The van der Waals surface area contributed by atoms with Crippen LogP contribution < -0.4 is 5.73 Å². The zero-order valence-electron chi connectivity index (χ0n) is 12.9. The molecule has 0 amide bonds. The van der Waals surface area contributed by atoms with Gasteiger partial charge in [-0.15, -0.1) is 12.4 Å². The highest BCUT2D eigenvalue weighted by Gasteiger charge is 2.38. The smallest absolute Gasteiger partial charge is 0.335 e. The van der Waals surface area contributed by atoms with Crippen molar-refractivity contribution in [2.45, 2.75) is 37.9 Å². The molecule has 1 aliphatic carbocycles. The van der Waals surface area contributed by atoms with Crippen molar-refractivity contribution >= 4 is 24.1 Å². The molecule has 1 aromatic carbocycles. The van der Waals surface area contributed by atoms with Crippen LogP contribution in [0.2, 0.25) is 0 Å². The molecule has 130 valence electrons. The Morgan fingerprint density at radius 1 is 1.33 bits per heavy atom. The fourth-order valence-corrected chi connectivity index (χ4v) is 2.49. The van der Waals surface area contributed by atoms with Crippen LogP contribution in [0, 0.1) is 0 Å². The largest absolute Gasteiger partial charge is 0.416 e. The van der Waals surface area contributed by atoms with Crippen molar-refractivity contribution in [2.24, 2.45) is 5.73 Å². The normalized spacial score (nSPS) is 17.1. The maximum atomic E-state index is 12.8. The molecular formula is C16H17ClF3N3O. The maximum absolute atomic E-state index is 12.8. The van der Waals surface area contributed by atoms with Crippen molar-refractivity contribution in [1.82, 2.24) is 10.1 Å². The third kappa shape index (κ3) is 3.62. The van der Waals surface area contributed by atoms with Gasteiger partial charge in [0.25, 0.3) is 5.89 Å². The summed E-state index contributed by atoms with van der Waals surface area (Å²) in [5.74, 6) is 0.693. The molecule has 1 fully saturated rings. The first-order chi connectivity index (χ1) is 10.8. The van der Waals surface area contributed by atoms with Gasteiger partial charge in [0.05, 0.1) is 11.1 Å². The lowest BCUT2D eigenvalue weighted by atomic mass is 9.77. The molecule has 0 bridgehead atoms. The average Bonchev–Trinajstić information content (AvgIpc) is 2.93. The molecule has 4 nitrogen and oxygen atoms in total. The first kappa shape index (κ1) is 18.5. The van der Waals surface area contributed by atoms with Crippen LogP contribution in [-0.2, 0) is 11.7 Å². The van der Waals surface area contributed by atoms with Crippen LogP contribution in [0.1, 0.15) is 49.0 Å². The van der Waals surface area contributed by atoms with E-state index in [1.54, 1.807) is 19.1 Å². The lowest BCUT2D eigenvalue weighted by Gasteiger charge is -2.34. The number of rotatable bonds is 3. The van der Waals surface area contributed by atoms with Crippen LogP contribution in [0.25, 0.3) is 11.6 Å². The van der Waals surface area contributed by atoms with E-state index in [1.807, 2.05) is 0 Å². The highest BCUT2D eigenvalue weighted by molar-refractivity contribution is 5.85. The number of alkyl halides is 3. The van der Waals surface area contributed by atoms with Gasteiger partial charge in [0, 0.05) is 6.08 Å². The van der Waals surface area contributed by atoms with Crippen LogP contribution in [0.5, 0.6) is 0 Å². The van der Waals surface area contributed by atoms with Gasteiger partial charge in [-0.1, -0.05) is 17.3 Å². The number of allylic oxidation sites excluding steroid dienone is 1. The van der Waals surface area contributed by atoms with E-state index >= 15 is 0 Å². The van der Waals surface area contributed by atoms with Gasteiger partial charge in [0.15, 0.2) is 5.82 Å². The minimum atomic E-state index is -4.37. The molecule has 1 aliphatic rings. The van der Waals surface area contributed by atoms with E-state index in [1.165, 1.54) is 6.07 Å². The number of hydrogen-bond donors (Lipinski definition) is 1. The second-order valence-electron chi connectivity index (χ2n) is 5.87. The molecule has 0 spiro atoms. The number of hydrogen-bond acceptors (Lipinski definition) is 4. The van der Waals surface area contributed by atoms with E-state index in [0.29, 0.717) is 17.0 Å². The van der Waals surface area contributed by atoms with Crippen molar-refractivity contribution in [3.63, 3.8) is 0 Å². The molecule has 0 aliphatic heterocycles. The van der Waals surface area contributed by atoms with Crippen molar-refractivity contribution in [2.75, 3.05) is 0 Å². The van der Waals surface area contributed by atoms with Crippen LogP contribution >= 0.6 is 12.4 Å². The van der Waals surface area contributed by atoms with Crippen molar-refractivity contribution in [3.05, 3.63) is 47.1 Å². The first-order valence-electron chi connectivity index (χ1n) is 7.27. The summed E-state index contributed by atoms with van der Waals surface area (Å²) in [5, 5.41) is 3.88. The number of nitrogens with zero attached hydrogens (tertiary/aromatic N) is 2. The zero-order chi connectivity index (χ0) is 16.7. The van der Waals surface area contributed by atoms with Gasteiger partial charge in [-0.2, -0.15) is 18.2 Å². The quantitative estimate of drug-likeness (QED) is 0.881. The summed E-state index contributed by atoms with van der Waals surface area (Å²) in [5.41, 5.74) is 5.95. The van der Waals surface area contributed by atoms with Gasteiger partial charge >= 0.3 is 6.18 Å². The number of benzene rings is 1. The topological polar surface area (TPSA) is 64.9 Å². The molecule has 0 radical (unpaired) electrons. The summed E-state index contributed by atoms with van der Waals surface area (Å²) >= 11 is 0. The SMILES string of the molecule is C/C(=C/c1nc(C2(N)CCC2)no1)c1cccc(C(F)(F)F)c1.Cl. The monoisotopic (exact) mass is 359 g/mol. The number of nitrogens with two attached hydrogens (primary N) is 1. The summed E-state index contributed by atoms with van der Waals surface area (Å²) < 4.78 is 43.4. The highest BCUT2D eigenvalue weighted by Crippen LogP contribution is 2.37. The maximum Gasteiger partial charge on any atom is 0.416 e. The Balaban J connectivity index is 0.00000208. The minimum absolute atomic E-state index is 0. The lowest BCUT2D eigenvalue weighted by Crippen LogP contribution is -2.44. The summed E-state index contributed by atoms with van der Waals surface area (Å²) in [6, 6.07) is 5.11. The first-order valence-corrected chi connectivity index (χ1v) is 7.27. The summed E-state index contributed by atoms with van der Waals surface area (Å²) in [4.78, 5) is 4.24. The summed E-state index contributed by atoms with van der Waals surface area (Å²) in [6.45, 7) is 1.70. The Morgan fingerprint density at radius 2 is 2.04 bits per heavy atom. The Kier molecular flexibility index (Phi) is 5.05. The average molecular weight is 360 g/mol. The third-order valence-corrected chi connectivity index (χ3v) is 4.12. The fourth-order valence-electron chi connectivity index (χ4n) is 2.49. The van der Waals surface area contributed by atoms with Crippen LogP contribution in [0.15, 0.2) is 28.8 Å². The van der Waals surface area contributed by atoms with Crippen LogP contribution in [0.4, 0.5) is 13.2 Å². The standard InChI is InChI=1S/C16H16F3N3O.ClH/c1-10(11-4-2-5-12(9-11)16(17,18)19)8-13-21-14(22-23-13)15(20)6-3-7-15;/h2,4-5,8-9H,3,6-7,20H2,1H3;1H/b10-8-;. The molecule has 0 unspecified atom stereocenters. The number of aromatic nitrogens is 2. The molecule has 0 saturated heterocycles. The Bertz CT molecular complexity index is 751. The van der Waals surface area contributed by atoms with E-state index in [9.17, 15) is 13.2 Å². The van der Waals surface area contributed by atoms with Crippen LogP contribution in [-0.4, -0.2) is 10.1 Å². The predicted octanol–water partition coefficient (Wildman–Crippen LogP) is 4.41. The Labute approximate surface area is 143 Å². The molecule has 8 heteroatoms. The molecule has 1 heterocycles. The van der Waals surface area contributed by atoms with E-state index in [4.69, 9.17) is 10.3 Å². The Morgan fingerprint density at radius 3 is 2.62 bits per heavy atom. The van der Waals surface area contributed by atoms with Gasteiger partial charge in [-0.25, -0.2) is 0 Å². The van der Waals surface area contributed by atoms with Crippen molar-refractivity contribution in [1.29, 1.82) is 0 Å². The second-order valence-corrected chi connectivity index (χ2v) is 5.87. The molecular weight excluding hydrogens is 343 g/mol. The molecule has 1 aromatic heterocycles. The van der Waals surface area contributed by atoms with E-state index in [2.05, 4.69) is 10.1 Å². The highest BCUT2D eigenvalue weighted by atomic mass is 35.5.